The molecule has 1 fully saturated rings. The van der Waals surface area contributed by atoms with Gasteiger partial charge in [0.05, 0.1) is 13.2 Å². The maximum atomic E-state index is 11.5. The highest BCUT2D eigenvalue weighted by Crippen LogP contribution is 2.27. The zero-order valence-electron chi connectivity index (χ0n) is 10.7. The van der Waals surface area contributed by atoms with E-state index in [1.54, 1.807) is 7.11 Å². The Hall–Kier alpha value is -1.55. The summed E-state index contributed by atoms with van der Waals surface area (Å²) in [5.74, 6) is 0.783. The Morgan fingerprint density at radius 3 is 2.67 bits per heavy atom. The Balaban J connectivity index is 1.69. The van der Waals surface area contributed by atoms with Crippen LogP contribution >= 0.6 is 0 Å². The summed E-state index contributed by atoms with van der Waals surface area (Å²) in [6, 6.07) is 7.91. The molecule has 0 unspecified atom stereocenters. The average Bonchev–Trinajstić information content (AvgIpc) is 3.20. The standard InChI is InChI=1S/C14H20N2O2/c1-18-10-12-4-6-13(7-5-12)15-9-14(17)16-8-11-2-3-11/h4-7,11,15H,2-3,8-10H2,1H3,(H,16,17). The van der Waals surface area contributed by atoms with Crippen LogP contribution in [0.25, 0.3) is 0 Å². The van der Waals surface area contributed by atoms with Crippen LogP contribution in [0.5, 0.6) is 0 Å². The first-order chi connectivity index (χ1) is 8.78. The largest absolute Gasteiger partial charge is 0.380 e. The van der Waals surface area contributed by atoms with E-state index in [1.165, 1.54) is 12.8 Å². The average molecular weight is 248 g/mol. The van der Waals surface area contributed by atoms with Gasteiger partial charge in [-0.2, -0.15) is 0 Å². The van der Waals surface area contributed by atoms with Gasteiger partial charge in [0, 0.05) is 19.3 Å². The quantitative estimate of drug-likeness (QED) is 0.773. The second-order valence-electron chi connectivity index (χ2n) is 4.73. The minimum absolute atomic E-state index is 0.0582. The van der Waals surface area contributed by atoms with E-state index in [0.717, 1.165) is 23.7 Å². The van der Waals surface area contributed by atoms with Gasteiger partial charge >= 0.3 is 0 Å². The third kappa shape index (κ3) is 4.37. The summed E-state index contributed by atoms with van der Waals surface area (Å²) in [4.78, 5) is 11.5. The number of hydrogen-bond acceptors (Lipinski definition) is 3. The molecule has 0 radical (unpaired) electrons. The fraction of sp³-hybridized carbons (Fsp3) is 0.500. The number of anilines is 1. The number of methoxy groups -OCH3 is 1. The van der Waals surface area contributed by atoms with Crippen molar-refractivity contribution in [2.45, 2.75) is 19.4 Å². The Labute approximate surface area is 108 Å². The summed E-state index contributed by atoms with van der Waals surface area (Å²) in [5, 5.41) is 6.03. The van der Waals surface area contributed by atoms with Gasteiger partial charge in [-0.05, 0) is 36.5 Å². The first kappa shape index (κ1) is 12.9. The minimum atomic E-state index is 0.0582. The van der Waals surface area contributed by atoms with Crippen molar-refractivity contribution in [1.29, 1.82) is 0 Å². The molecule has 2 rings (SSSR count). The summed E-state index contributed by atoms with van der Waals surface area (Å²) in [7, 11) is 1.68. The van der Waals surface area contributed by atoms with Crippen molar-refractivity contribution in [1.82, 2.24) is 5.32 Å². The molecule has 1 aliphatic rings. The molecular weight excluding hydrogens is 228 g/mol. The molecule has 2 N–H and O–H groups in total. The van der Waals surface area contributed by atoms with Crippen molar-refractivity contribution in [3.05, 3.63) is 29.8 Å². The van der Waals surface area contributed by atoms with Crippen molar-refractivity contribution in [3.63, 3.8) is 0 Å². The van der Waals surface area contributed by atoms with Crippen molar-refractivity contribution in [2.75, 3.05) is 25.5 Å². The molecule has 0 aliphatic heterocycles. The van der Waals surface area contributed by atoms with Crippen LogP contribution in [0, 0.1) is 5.92 Å². The van der Waals surface area contributed by atoms with Gasteiger partial charge in [-0.15, -0.1) is 0 Å². The monoisotopic (exact) mass is 248 g/mol. The summed E-state index contributed by atoms with van der Waals surface area (Å²) in [6.07, 6.45) is 2.52. The van der Waals surface area contributed by atoms with Gasteiger partial charge in [-0.1, -0.05) is 12.1 Å². The molecule has 0 spiro atoms. The lowest BCUT2D eigenvalue weighted by molar-refractivity contribution is -0.119. The van der Waals surface area contributed by atoms with Crippen LogP contribution in [0.3, 0.4) is 0 Å². The molecule has 1 amide bonds. The van der Waals surface area contributed by atoms with Gasteiger partial charge in [0.15, 0.2) is 0 Å². The summed E-state index contributed by atoms with van der Waals surface area (Å²) in [5.41, 5.74) is 2.08. The highest BCUT2D eigenvalue weighted by atomic mass is 16.5. The predicted molar refractivity (Wildman–Crippen MR) is 71.4 cm³/mol. The van der Waals surface area contributed by atoms with Crippen LogP contribution in [0.15, 0.2) is 24.3 Å². The number of benzene rings is 1. The number of amides is 1. The van der Waals surface area contributed by atoms with Crippen molar-refractivity contribution in [3.8, 4) is 0 Å². The number of nitrogens with one attached hydrogen (secondary N) is 2. The summed E-state index contributed by atoms with van der Waals surface area (Å²) in [6.45, 7) is 1.77. The van der Waals surface area contributed by atoms with E-state index < -0.39 is 0 Å². The van der Waals surface area contributed by atoms with Gasteiger partial charge in [0.25, 0.3) is 0 Å². The number of carbonyl (C=O) groups excluding carboxylic acids is 1. The minimum Gasteiger partial charge on any atom is -0.380 e. The van der Waals surface area contributed by atoms with Gasteiger partial charge in [0.2, 0.25) is 5.91 Å². The van der Waals surface area contributed by atoms with E-state index in [-0.39, 0.29) is 5.91 Å². The predicted octanol–water partition coefficient (Wildman–Crippen LogP) is 1.77. The molecule has 98 valence electrons. The number of carbonyl (C=O) groups is 1. The first-order valence-electron chi connectivity index (χ1n) is 6.36. The number of ether oxygens (including phenoxy) is 1. The molecule has 18 heavy (non-hydrogen) atoms. The van der Waals surface area contributed by atoms with Crippen molar-refractivity contribution in [2.24, 2.45) is 5.92 Å². The van der Waals surface area contributed by atoms with Crippen LogP contribution in [-0.2, 0) is 16.1 Å². The molecule has 0 aromatic heterocycles. The third-order valence-corrected chi connectivity index (χ3v) is 3.00. The van der Waals surface area contributed by atoms with E-state index in [9.17, 15) is 4.79 Å². The Bertz CT molecular complexity index is 385. The molecule has 1 aromatic carbocycles. The molecule has 0 bridgehead atoms. The van der Waals surface area contributed by atoms with Gasteiger partial charge < -0.3 is 15.4 Å². The molecule has 4 nitrogen and oxygen atoms in total. The van der Waals surface area contributed by atoms with Gasteiger partial charge in [0.1, 0.15) is 0 Å². The third-order valence-electron chi connectivity index (χ3n) is 3.00. The zero-order chi connectivity index (χ0) is 12.8. The van der Waals surface area contributed by atoms with E-state index in [2.05, 4.69) is 10.6 Å². The number of hydrogen-bond donors (Lipinski definition) is 2. The molecule has 0 heterocycles. The smallest absolute Gasteiger partial charge is 0.239 e. The van der Waals surface area contributed by atoms with Gasteiger partial charge in [-0.25, -0.2) is 0 Å². The van der Waals surface area contributed by atoms with Crippen molar-refractivity contribution >= 4 is 11.6 Å². The maximum absolute atomic E-state index is 11.5. The summed E-state index contributed by atoms with van der Waals surface area (Å²) < 4.78 is 5.04. The normalized spacial score (nSPS) is 14.3. The highest BCUT2D eigenvalue weighted by Gasteiger charge is 2.21. The molecular formula is C14H20N2O2. The fourth-order valence-corrected chi connectivity index (χ4v) is 1.71. The van der Waals surface area contributed by atoms with Crippen molar-refractivity contribution < 1.29 is 9.53 Å². The molecule has 1 aromatic rings. The second-order valence-corrected chi connectivity index (χ2v) is 4.73. The molecule has 4 heteroatoms. The number of rotatable bonds is 7. The Kier molecular flexibility index (Phi) is 4.59. The van der Waals surface area contributed by atoms with Crippen LogP contribution in [0.4, 0.5) is 5.69 Å². The lowest BCUT2D eigenvalue weighted by atomic mass is 10.2. The summed E-state index contributed by atoms with van der Waals surface area (Å²) >= 11 is 0. The molecule has 1 aliphatic carbocycles. The zero-order valence-corrected chi connectivity index (χ0v) is 10.7. The first-order valence-corrected chi connectivity index (χ1v) is 6.36. The van der Waals surface area contributed by atoms with Crippen LogP contribution in [0.1, 0.15) is 18.4 Å². The topological polar surface area (TPSA) is 50.4 Å². The van der Waals surface area contributed by atoms with E-state index in [0.29, 0.717) is 13.2 Å². The van der Waals surface area contributed by atoms with E-state index in [4.69, 9.17) is 4.74 Å². The van der Waals surface area contributed by atoms with Crippen LogP contribution in [0.2, 0.25) is 0 Å². The van der Waals surface area contributed by atoms with Gasteiger partial charge in [-0.3, -0.25) is 4.79 Å². The van der Waals surface area contributed by atoms with E-state index in [1.807, 2.05) is 24.3 Å². The fourth-order valence-electron chi connectivity index (χ4n) is 1.71. The maximum Gasteiger partial charge on any atom is 0.239 e. The Morgan fingerprint density at radius 1 is 1.33 bits per heavy atom. The molecule has 1 saturated carbocycles. The highest BCUT2D eigenvalue weighted by molar-refractivity contribution is 5.80. The lowest BCUT2D eigenvalue weighted by Gasteiger charge is -2.08. The molecule has 0 saturated heterocycles. The van der Waals surface area contributed by atoms with Crippen LogP contribution in [-0.4, -0.2) is 26.1 Å². The van der Waals surface area contributed by atoms with E-state index >= 15 is 0 Å². The lowest BCUT2D eigenvalue weighted by Crippen LogP contribution is -2.31. The second kappa shape index (κ2) is 6.40. The van der Waals surface area contributed by atoms with Crippen LogP contribution < -0.4 is 10.6 Å². The molecule has 0 atom stereocenters. The Morgan fingerprint density at radius 2 is 2.06 bits per heavy atom. The SMILES string of the molecule is COCc1ccc(NCC(=O)NCC2CC2)cc1.